The van der Waals surface area contributed by atoms with Crippen LogP contribution < -0.4 is 14.8 Å². The molecule has 0 aliphatic heterocycles. The van der Waals surface area contributed by atoms with Crippen LogP contribution in [0.5, 0.6) is 11.5 Å². The van der Waals surface area contributed by atoms with E-state index in [9.17, 15) is 0 Å². The molecule has 0 amide bonds. The van der Waals surface area contributed by atoms with Crippen LogP contribution in [0.4, 0.5) is 0 Å². The molecule has 0 unspecified atom stereocenters. The van der Waals surface area contributed by atoms with Crippen molar-refractivity contribution in [1.82, 2.24) is 15.1 Å². The second kappa shape index (κ2) is 6.24. The second-order valence-electron chi connectivity index (χ2n) is 4.28. The van der Waals surface area contributed by atoms with Gasteiger partial charge in [0.15, 0.2) is 11.5 Å². The molecule has 1 aromatic carbocycles. The van der Waals surface area contributed by atoms with Gasteiger partial charge in [-0.25, -0.2) is 0 Å². The number of methoxy groups -OCH3 is 2. The van der Waals surface area contributed by atoms with Gasteiger partial charge < -0.3 is 14.8 Å². The van der Waals surface area contributed by atoms with Crippen molar-refractivity contribution in [3.63, 3.8) is 0 Å². The highest BCUT2D eigenvalue weighted by Crippen LogP contribution is 2.30. The zero-order valence-electron chi connectivity index (χ0n) is 11.5. The number of hydrogen-bond donors (Lipinski definition) is 1. The van der Waals surface area contributed by atoms with E-state index >= 15 is 0 Å². The van der Waals surface area contributed by atoms with E-state index in [1.807, 2.05) is 37.6 Å². The molecule has 0 saturated heterocycles. The van der Waals surface area contributed by atoms with E-state index in [4.69, 9.17) is 9.47 Å². The number of benzene rings is 1. The molecule has 2 aromatic rings. The Balaban J connectivity index is 1.99. The molecule has 0 aliphatic rings. The van der Waals surface area contributed by atoms with Gasteiger partial charge in [-0.2, -0.15) is 5.10 Å². The Hall–Kier alpha value is -2.01. The number of nitrogens with zero attached hydrogens (tertiary/aromatic N) is 2. The third-order valence-corrected chi connectivity index (χ3v) is 2.89. The molecule has 0 radical (unpaired) electrons. The molecule has 2 rings (SSSR count). The number of ether oxygens (including phenoxy) is 2. The molecule has 5 nitrogen and oxygen atoms in total. The fourth-order valence-corrected chi connectivity index (χ4v) is 2.00. The first kappa shape index (κ1) is 13.4. The number of rotatable bonds is 6. The maximum atomic E-state index is 5.39. The number of aromatic nitrogens is 2. The summed E-state index contributed by atoms with van der Waals surface area (Å²) in [5.74, 6) is 1.53. The van der Waals surface area contributed by atoms with Gasteiger partial charge >= 0.3 is 0 Å². The van der Waals surface area contributed by atoms with E-state index < -0.39 is 0 Å². The van der Waals surface area contributed by atoms with Crippen LogP contribution in [-0.2, 0) is 20.1 Å². The van der Waals surface area contributed by atoms with E-state index in [0.717, 1.165) is 35.7 Å². The Morgan fingerprint density at radius 2 is 2.05 bits per heavy atom. The van der Waals surface area contributed by atoms with Gasteiger partial charge in [-0.3, -0.25) is 4.68 Å². The summed E-state index contributed by atoms with van der Waals surface area (Å²) in [5, 5.41) is 7.50. The molecular weight excluding hydrogens is 242 g/mol. The topological polar surface area (TPSA) is 48.3 Å². The van der Waals surface area contributed by atoms with Gasteiger partial charge in [-0.05, 0) is 6.07 Å². The molecular formula is C14H19N3O2. The van der Waals surface area contributed by atoms with Crippen LogP contribution in [0.25, 0.3) is 0 Å². The van der Waals surface area contributed by atoms with Crippen LogP contribution in [0.2, 0.25) is 0 Å². The summed E-state index contributed by atoms with van der Waals surface area (Å²) in [5.41, 5.74) is 2.23. The predicted molar refractivity (Wildman–Crippen MR) is 73.3 cm³/mol. The highest BCUT2D eigenvalue weighted by Gasteiger charge is 2.08. The minimum atomic E-state index is 0.718. The van der Waals surface area contributed by atoms with Crippen LogP contribution in [0, 0.1) is 0 Å². The van der Waals surface area contributed by atoms with Gasteiger partial charge in [-0.15, -0.1) is 0 Å². The molecule has 1 aromatic heterocycles. The smallest absolute Gasteiger partial charge is 0.165 e. The van der Waals surface area contributed by atoms with E-state index in [1.165, 1.54) is 0 Å². The molecule has 0 spiro atoms. The fourth-order valence-electron chi connectivity index (χ4n) is 2.00. The summed E-state index contributed by atoms with van der Waals surface area (Å²) in [6.07, 6.45) is 3.85. The molecule has 0 atom stereocenters. The number of aryl methyl sites for hydroxylation is 1. The Morgan fingerprint density at radius 3 is 2.68 bits per heavy atom. The van der Waals surface area contributed by atoms with Gasteiger partial charge in [0, 0.05) is 37.5 Å². The monoisotopic (exact) mass is 261 g/mol. The average molecular weight is 261 g/mol. The molecule has 1 N–H and O–H groups in total. The van der Waals surface area contributed by atoms with Crippen molar-refractivity contribution in [2.24, 2.45) is 7.05 Å². The van der Waals surface area contributed by atoms with Crippen molar-refractivity contribution >= 4 is 0 Å². The normalized spacial score (nSPS) is 10.5. The minimum Gasteiger partial charge on any atom is -0.493 e. The predicted octanol–water partition coefficient (Wildman–Crippen LogP) is 1.73. The van der Waals surface area contributed by atoms with Crippen molar-refractivity contribution in [2.45, 2.75) is 13.1 Å². The molecule has 0 fully saturated rings. The molecule has 5 heteroatoms. The lowest BCUT2D eigenvalue weighted by molar-refractivity contribution is 0.350. The second-order valence-corrected chi connectivity index (χ2v) is 4.28. The van der Waals surface area contributed by atoms with Crippen LogP contribution in [-0.4, -0.2) is 24.0 Å². The number of hydrogen-bond acceptors (Lipinski definition) is 4. The van der Waals surface area contributed by atoms with Gasteiger partial charge in [0.2, 0.25) is 0 Å². The summed E-state index contributed by atoms with van der Waals surface area (Å²) in [6, 6.07) is 5.88. The first-order valence-electron chi connectivity index (χ1n) is 6.12. The van der Waals surface area contributed by atoms with Gasteiger partial charge in [0.05, 0.1) is 20.4 Å². The zero-order chi connectivity index (χ0) is 13.7. The van der Waals surface area contributed by atoms with E-state index in [2.05, 4.69) is 10.4 Å². The van der Waals surface area contributed by atoms with Gasteiger partial charge in [0.1, 0.15) is 0 Å². The van der Waals surface area contributed by atoms with Crippen LogP contribution in [0.3, 0.4) is 0 Å². The SMILES string of the molecule is COc1cccc(CNCc2cnn(C)c2)c1OC. The van der Waals surface area contributed by atoms with Gasteiger partial charge in [0.25, 0.3) is 0 Å². The van der Waals surface area contributed by atoms with Crippen molar-refractivity contribution in [3.05, 3.63) is 41.7 Å². The van der Waals surface area contributed by atoms with Crippen molar-refractivity contribution in [3.8, 4) is 11.5 Å². The summed E-state index contributed by atoms with van der Waals surface area (Å²) >= 11 is 0. The van der Waals surface area contributed by atoms with E-state index in [-0.39, 0.29) is 0 Å². The maximum Gasteiger partial charge on any atom is 0.165 e. The third-order valence-electron chi connectivity index (χ3n) is 2.89. The van der Waals surface area contributed by atoms with Gasteiger partial charge in [-0.1, -0.05) is 12.1 Å². The third kappa shape index (κ3) is 3.26. The Kier molecular flexibility index (Phi) is 4.41. The van der Waals surface area contributed by atoms with Crippen molar-refractivity contribution in [1.29, 1.82) is 0 Å². The Morgan fingerprint density at radius 1 is 1.21 bits per heavy atom. The lowest BCUT2D eigenvalue weighted by Crippen LogP contribution is -2.13. The quantitative estimate of drug-likeness (QED) is 0.860. The highest BCUT2D eigenvalue weighted by atomic mass is 16.5. The molecule has 0 aliphatic carbocycles. The molecule has 1 heterocycles. The summed E-state index contributed by atoms with van der Waals surface area (Å²) in [4.78, 5) is 0. The van der Waals surface area contributed by atoms with E-state index in [0.29, 0.717) is 0 Å². The minimum absolute atomic E-state index is 0.718. The number of nitrogens with one attached hydrogen (secondary N) is 1. The molecule has 0 saturated carbocycles. The lowest BCUT2D eigenvalue weighted by atomic mass is 10.2. The van der Waals surface area contributed by atoms with Crippen molar-refractivity contribution < 1.29 is 9.47 Å². The number of para-hydroxylation sites is 1. The zero-order valence-corrected chi connectivity index (χ0v) is 11.5. The lowest BCUT2D eigenvalue weighted by Gasteiger charge is -2.12. The molecule has 102 valence electrons. The maximum absolute atomic E-state index is 5.39. The Labute approximate surface area is 113 Å². The van der Waals surface area contributed by atoms with E-state index in [1.54, 1.807) is 18.9 Å². The summed E-state index contributed by atoms with van der Waals surface area (Å²) in [6.45, 7) is 1.49. The Bertz CT molecular complexity index is 537. The molecule has 0 bridgehead atoms. The van der Waals surface area contributed by atoms with Crippen LogP contribution in [0.15, 0.2) is 30.6 Å². The first-order chi connectivity index (χ1) is 9.24. The molecule has 19 heavy (non-hydrogen) atoms. The summed E-state index contributed by atoms with van der Waals surface area (Å²) in [7, 11) is 5.21. The fraction of sp³-hybridized carbons (Fsp3) is 0.357. The summed E-state index contributed by atoms with van der Waals surface area (Å²) < 4.78 is 12.5. The standard InChI is InChI=1S/C14H19N3O2/c1-17-10-11(8-16-17)7-15-9-12-5-4-6-13(18-2)14(12)19-3/h4-6,8,10,15H,7,9H2,1-3H3. The highest BCUT2D eigenvalue weighted by molar-refractivity contribution is 5.46. The van der Waals surface area contributed by atoms with Crippen LogP contribution >= 0.6 is 0 Å². The average Bonchev–Trinajstić information content (AvgIpc) is 2.84. The first-order valence-corrected chi connectivity index (χ1v) is 6.12. The largest absolute Gasteiger partial charge is 0.493 e. The van der Waals surface area contributed by atoms with Crippen LogP contribution in [0.1, 0.15) is 11.1 Å². The van der Waals surface area contributed by atoms with Crippen molar-refractivity contribution in [2.75, 3.05) is 14.2 Å².